The zero-order chi connectivity index (χ0) is 11.7. The molecule has 0 aliphatic rings. The lowest BCUT2D eigenvalue weighted by Crippen LogP contribution is -1.98. The van der Waals surface area contributed by atoms with Gasteiger partial charge in [0.1, 0.15) is 11.6 Å². The number of nitrogens with zero attached hydrogens (tertiary/aromatic N) is 1. The Labute approximate surface area is 103 Å². The van der Waals surface area contributed by atoms with Crippen LogP contribution in [0.15, 0.2) is 30.3 Å². The quantitative estimate of drug-likeness (QED) is 0.821. The van der Waals surface area contributed by atoms with Crippen molar-refractivity contribution in [1.82, 2.24) is 4.98 Å². The van der Waals surface area contributed by atoms with E-state index >= 15 is 0 Å². The molecule has 0 amide bonds. The average molecular weight is 254 g/mol. The summed E-state index contributed by atoms with van der Waals surface area (Å²) in [6, 6.07) is 8.68. The number of rotatable bonds is 1. The van der Waals surface area contributed by atoms with Gasteiger partial charge in [-0.25, -0.2) is 4.98 Å². The lowest BCUT2D eigenvalue weighted by atomic mass is 10.1. The normalized spacial score (nSPS) is 10.4. The maximum absolute atomic E-state index is 6.08. The van der Waals surface area contributed by atoms with E-state index in [4.69, 9.17) is 34.7 Å². The van der Waals surface area contributed by atoms with Crippen LogP contribution in [0.1, 0.15) is 0 Å². The van der Waals surface area contributed by atoms with Gasteiger partial charge in [0.15, 0.2) is 0 Å². The Balaban J connectivity index is 2.68. The minimum absolute atomic E-state index is 0.315. The molecule has 82 valence electrons. The number of aromatic nitrogens is 1. The lowest BCUT2D eigenvalue weighted by molar-refractivity contribution is 1.34. The smallest absolute Gasteiger partial charge is 0.133 e. The van der Waals surface area contributed by atoms with E-state index in [1.54, 1.807) is 30.3 Å². The van der Waals surface area contributed by atoms with Crippen LogP contribution < -0.4 is 11.5 Å². The second-order valence-electron chi connectivity index (χ2n) is 3.27. The SMILES string of the molecule is Nc1ccc(-c2c(Cl)cccc2Cl)c(N)n1. The average Bonchev–Trinajstić information content (AvgIpc) is 2.20. The van der Waals surface area contributed by atoms with Crippen LogP contribution in [0.5, 0.6) is 0 Å². The Kier molecular flexibility index (Phi) is 2.90. The molecule has 4 N–H and O–H groups in total. The molecule has 0 aliphatic carbocycles. The van der Waals surface area contributed by atoms with Crippen molar-refractivity contribution in [1.29, 1.82) is 0 Å². The summed E-state index contributed by atoms with van der Waals surface area (Å²) in [5.74, 6) is 0.680. The molecule has 1 aromatic carbocycles. The van der Waals surface area contributed by atoms with E-state index in [2.05, 4.69) is 4.98 Å². The molecule has 1 aromatic heterocycles. The van der Waals surface area contributed by atoms with Gasteiger partial charge < -0.3 is 11.5 Å². The van der Waals surface area contributed by atoms with Crippen molar-refractivity contribution >= 4 is 34.8 Å². The summed E-state index contributed by atoms with van der Waals surface area (Å²) >= 11 is 12.2. The van der Waals surface area contributed by atoms with Crippen LogP contribution in [-0.4, -0.2) is 4.98 Å². The van der Waals surface area contributed by atoms with Crippen molar-refractivity contribution < 1.29 is 0 Å². The predicted molar refractivity (Wildman–Crippen MR) is 68.5 cm³/mol. The van der Waals surface area contributed by atoms with Gasteiger partial charge in [0.25, 0.3) is 0 Å². The third-order valence-electron chi connectivity index (χ3n) is 2.18. The number of pyridine rings is 1. The Morgan fingerprint density at radius 1 is 0.938 bits per heavy atom. The standard InChI is InChI=1S/C11H9Cl2N3/c12-7-2-1-3-8(13)10(7)6-4-5-9(14)16-11(6)15/h1-5H,(H4,14,15,16). The maximum atomic E-state index is 6.08. The number of nitrogens with two attached hydrogens (primary N) is 2. The highest BCUT2D eigenvalue weighted by atomic mass is 35.5. The number of halogens is 2. The van der Waals surface area contributed by atoms with E-state index in [-0.39, 0.29) is 0 Å². The van der Waals surface area contributed by atoms with Crippen LogP contribution >= 0.6 is 23.2 Å². The first kappa shape index (κ1) is 11.0. The molecule has 2 rings (SSSR count). The highest BCUT2D eigenvalue weighted by molar-refractivity contribution is 6.39. The Hall–Kier alpha value is -1.45. The number of benzene rings is 1. The summed E-state index contributed by atoms with van der Waals surface area (Å²) in [5, 5.41) is 1.07. The van der Waals surface area contributed by atoms with Gasteiger partial charge >= 0.3 is 0 Å². The lowest BCUT2D eigenvalue weighted by Gasteiger charge is -2.09. The molecular formula is C11H9Cl2N3. The van der Waals surface area contributed by atoms with Crippen molar-refractivity contribution in [3.05, 3.63) is 40.4 Å². The third kappa shape index (κ3) is 1.92. The number of nitrogen functional groups attached to an aromatic ring is 2. The second-order valence-corrected chi connectivity index (χ2v) is 4.08. The summed E-state index contributed by atoms with van der Waals surface area (Å²) in [5.41, 5.74) is 12.7. The monoisotopic (exact) mass is 253 g/mol. The zero-order valence-corrected chi connectivity index (χ0v) is 9.76. The molecule has 0 aliphatic heterocycles. The second kappa shape index (κ2) is 4.20. The Morgan fingerprint density at radius 3 is 2.12 bits per heavy atom. The molecule has 2 aromatic rings. The molecule has 1 heterocycles. The van der Waals surface area contributed by atoms with Gasteiger partial charge in [-0.15, -0.1) is 0 Å². The zero-order valence-electron chi connectivity index (χ0n) is 8.24. The number of hydrogen-bond donors (Lipinski definition) is 2. The van der Waals surface area contributed by atoms with Crippen LogP contribution in [0.3, 0.4) is 0 Å². The summed E-state index contributed by atoms with van der Waals surface area (Å²) in [4.78, 5) is 3.97. The minimum atomic E-state index is 0.315. The summed E-state index contributed by atoms with van der Waals surface area (Å²) in [6.07, 6.45) is 0. The largest absolute Gasteiger partial charge is 0.384 e. The molecule has 0 spiro atoms. The van der Waals surface area contributed by atoms with Crippen molar-refractivity contribution in [2.75, 3.05) is 11.5 Å². The van der Waals surface area contributed by atoms with Gasteiger partial charge in [0, 0.05) is 11.1 Å². The third-order valence-corrected chi connectivity index (χ3v) is 2.81. The fourth-order valence-electron chi connectivity index (χ4n) is 1.46. The van der Waals surface area contributed by atoms with Gasteiger partial charge in [0.2, 0.25) is 0 Å². The molecule has 0 unspecified atom stereocenters. The fourth-order valence-corrected chi connectivity index (χ4v) is 2.06. The number of anilines is 2. The van der Waals surface area contributed by atoms with E-state index in [0.717, 1.165) is 0 Å². The van der Waals surface area contributed by atoms with E-state index < -0.39 is 0 Å². The van der Waals surface area contributed by atoms with Crippen LogP contribution in [-0.2, 0) is 0 Å². The molecule has 5 heteroatoms. The van der Waals surface area contributed by atoms with E-state index in [1.807, 2.05) is 0 Å². The molecule has 0 saturated heterocycles. The van der Waals surface area contributed by atoms with Gasteiger partial charge in [-0.3, -0.25) is 0 Å². The Bertz CT molecular complexity index is 520. The molecular weight excluding hydrogens is 245 g/mol. The Morgan fingerprint density at radius 2 is 1.56 bits per heavy atom. The van der Waals surface area contributed by atoms with Gasteiger partial charge in [-0.05, 0) is 24.3 Å². The fraction of sp³-hybridized carbons (Fsp3) is 0. The maximum Gasteiger partial charge on any atom is 0.133 e. The van der Waals surface area contributed by atoms with Crippen molar-refractivity contribution in [2.24, 2.45) is 0 Å². The molecule has 0 bridgehead atoms. The first-order valence-electron chi connectivity index (χ1n) is 4.56. The van der Waals surface area contributed by atoms with E-state index in [1.165, 1.54) is 0 Å². The molecule has 3 nitrogen and oxygen atoms in total. The van der Waals surface area contributed by atoms with Crippen LogP contribution in [0.2, 0.25) is 10.0 Å². The molecule has 0 fully saturated rings. The minimum Gasteiger partial charge on any atom is -0.384 e. The van der Waals surface area contributed by atoms with Gasteiger partial charge in [-0.2, -0.15) is 0 Å². The van der Waals surface area contributed by atoms with Crippen molar-refractivity contribution in [2.45, 2.75) is 0 Å². The van der Waals surface area contributed by atoms with Crippen LogP contribution in [0.25, 0.3) is 11.1 Å². The topological polar surface area (TPSA) is 64.9 Å². The molecule has 0 radical (unpaired) electrons. The van der Waals surface area contributed by atoms with Crippen molar-refractivity contribution in [3.63, 3.8) is 0 Å². The van der Waals surface area contributed by atoms with Crippen molar-refractivity contribution in [3.8, 4) is 11.1 Å². The predicted octanol–water partition coefficient (Wildman–Crippen LogP) is 3.22. The highest BCUT2D eigenvalue weighted by Crippen LogP contribution is 2.37. The van der Waals surface area contributed by atoms with E-state index in [9.17, 15) is 0 Å². The molecule has 0 saturated carbocycles. The first-order valence-corrected chi connectivity index (χ1v) is 5.31. The molecule has 0 atom stereocenters. The van der Waals surface area contributed by atoms with Gasteiger partial charge in [0.05, 0.1) is 10.0 Å². The van der Waals surface area contributed by atoms with E-state index in [0.29, 0.717) is 32.8 Å². The summed E-state index contributed by atoms with van der Waals surface area (Å²) < 4.78 is 0. The highest BCUT2D eigenvalue weighted by Gasteiger charge is 2.11. The molecule has 16 heavy (non-hydrogen) atoms. The summed E-state index contributed by atoms with van der Waals surface area (Å²) in [7, 11) is 0. The summed E-state index contributed by atoms with van der Waals surface area (Å²) in [6.45, 7) is 0. The van der Waals surface area contributed by atoms with Crippen LogP contribution in [0, 0.1) is 0 Å². The first-order chi connectivity index (χ1) is 7.59. The van der Waals surface area contributed by atoms with Crippen LogP contribution in [0.4, 0.5) is 11.6 Å². The van der Waals surface area contributed by atoms with Gasteiger partial charge in [-0.1, -0.05) is 29.3 Å². The number of hydrogen-bond acceptors (Lipinski definition) is 3.